The number of pyridine rings is 2. The van der Waals surface area contributed by atoms with Gasteiger partial charge in [-0.15, -0.1) is 10.2 Å². The van der Waals surface area contributed by atoms with Gasteiger partial charge in [-0.2, -0.15) is 13.2 Å². The summed E-state index contributed by atoms with van der Waals surface area (Å²) < 4.78 is 38.9. The number of hydrogen-bond donors (Lipinski definition) is 3. The van der Waals surface area contributed by atoms with Crippen molar-refractivity contribution in [1.82, 2.24) is 25.1 Å². The molecular formula is C23H25F3N6O2. The van der Waals surface area contributed by atoms with Gasteiger partial charge in [-0.1, -0.05) is 0 Å². The van der Waals surface area contributed by atoms with Crippen LogP contribution in [0.25, 0.3) is 22.3 Å². The molecule has 3 aromatic rings. The Kier molecular flexibility index (Phi) is 5.56. The van der Waals surface area contributed by atoms with Gasteiger partial charge in [-0.05, 0) is 57.4 Å². The van der Waals surface area contributed by atoms with Gasteiger partial charge in [-0.3, -0.25) is 9.88 Å². The van der Waals surface area contributed by atoms with E-state index in [0.717, 1.165) is 38.8 Å². The largest absolute Gasteiger partial charge is 0.506 e. The quantitative estimate of drug-likeness (QED) is 0.527. The normalized spacial score (nSPS) is 25.8. The molecule has 3 N–H and O–H groups in total. The van der Waals surface area contributed by atoms with Crippen LogP contribution >= 0.6 is 0 Å². The van der Waals surface area contributed by atoms with E-state index in [9.17, 15) is 23.4 Å². The molecule has 34 heavy (non-hydrogen) atoms. The van der Waals surface area contributed by atoms with Crippen molar-refractivity contribution in [3.8, 4) is 17.1 Å². The van der Waals surface area contributed by atoms with Gasteiger partial charge in [0.15, 0.2) is 5.82 Å². The first-order valence-corrected chi connectivity index (χ1v) is 11.2. The highest BCUT2D eigenvalue weighted by Crippen LogP contribution is 2.38. The van der Waals surface area contributed by atoms with Crippen molar-refractivity contribution in [1.29, 1.82) is 0 Å². The molecule has 1 aliphatic carbocycles. The molecule has 180 valence electrons. The maximum absolute atomic E-state index is 13.0. The molecule has 3 aromatic heterocycles. The summed E-state index contributed by atoms with van der Waals surface area (Å²) >= 11 is 0. The first-order valence-electron chi connectivity index (χ1n) is 11.2. The van der Waals surface area contributed by atoms with Crippen LogP contribution in [0, 0.1) is 0 Å². The molecular weight excluding hydrogens is 449 g/mol. The summed E-state index contributed by atoms with van der Waals surface area (Å²) in [7, 11) is 0. The Morgan fingerprint density at radius 2 is 1.97 bits per heavy atom. The van der Waals surface area contributed by atoms with E-state index < -0.39 is 23.1 Å². The number of rotatable bonds is 4. The fourth-order valence-electron chi connectivity index (χ4n) is 4.91. The Hall–Kier alpha value is -3.05. The van der Waals surface area contributed by atoms with Crippen LogP contribution in [0.5, 0.6) is 5.75 Å². The smallest absolute Gasteiger partial charge is 0.418 e. The lowest BCUT2D eigenvalue weighted by atomic mass is 9.76. The predicted molar refractivity (Wildman–Crippen MR) is 119 cm³/mol. The summed E-state index contributed by atoms with van der Waals surface area (Å²) in [5.41, 5.74) is -1.06. The third-order valence-electron chi connectivity index (χ3n) is 6.62. The third kappa shape index (κ3) is 4.37. The van der Waals surface area contributed by atoms with Crippen LogP contribution in [0.2, 0.25) is 0 Å². The van der Waals surface area contributed by atoms with E-state index in [2.05, 4.69) is 30.4 Å². The predicted octanol–water partition coefficient (Wildman–Crippen LogP) is 3.60. The van der Waals surface area contributed by atoms with Crippen molar-refractivity contribution in [2.75, 3.05) is 18.4 Å². The molecule has 5 rings (SSSR count). The molecule has 1 saturated carbocycles. The summed E-state index contributed by atoms with van der Waals surface area (Å²) in [4.78, 5) is 10.6. The number of piperidine rings is 1. The van der Waals surface area contributed by atoms with Crippen molar-refractivity contribution in [3.63, 3.8) is 0 Å². The monoisotopic (exact) mass is 474 g/mol. The van der Waals surface area contributed by atoms with Gasteiger partial charge in [0, 0.05) is 36.4 Å². The number of aromatic nitrogens is 4. The van der Waals surface area contributed by atoms with E-state index in [0.29, 0.717) is 35.0 Å². The summed E-state index contributed by atoms with van der Waals surface area (Å²) in [5.74, 6) is -0.160. The van der Waals surface area contributed by atoms with Crippen LogP contribution < -0.4 is 5.32 Å². The molecule has 0 radical (unpaired) electrons. The lowest BCUT2D eigenvalue weighted by molar-refractivity contribution is -0.137. The number of nitrogens with one attached hydrogen (secondary N) is 1. The number of anilines is 1. The Balaban J connectivity index is 1.41. The Morgan fingerprint density at radius 3 is 2.68 bits per heavy atom. The summed E-state index contributed by atoms with van der Waals surface area (Å²) in [6.07, 6.45) is 1.14. The second-order valence-corrected chi connectivity index (χ2v) is 9.42. The highest BCUT2D eigenvalue weighted by atomic mass is 19.4. The molecule has 2 fully saturated rings. The van der Waals surface area contributed by atoms with Gasteiger partial charge in [0.05, 0.1) is 11.2 Å². The van der Waals surface area contributed by atoms with Gasteiger partial charge in [0.2, 0.25) is 0 Å². The van der Waals surface area contributed by atoms with Gasteiger partial charge >= 0.3 is 6.18 Å². The zero-order valence-electron chi connectivity index (χ0n) is 18.5. The molecule has 4 heterocycles. The van der Waals surface area contributed by atoms with Crippen molar-refractivity contribution in [3.05, 3.63) is 36.2 Å². The zero-order chi connectivity index (χ0) is 24.1. The van der Waals surface area contributed by atoms with E-state index in [4.69, 9.17) is 0 Å². The topological polar surface area (TPSA) is 107 Å². The lowest BCUT2D eigenvalue weighted by Gasteiger charge is -2.49. The molecule has 1 aliphatic heterocycles. The number of halogens is 3. The maximum Gasteiger partial charge on any atom is 0.418 e. The molecule has 0 aromatic carbocycles. The van der Waals surface area contributed by atoms with E-state index in [1.165, 1.54) is 0 Å². The number of fused-ring (bicyclic) bond motifs is 1. The molecule has 0 amide bonds. The molecule has 0 spiro atoms. The fraction of sp³-hybridized carbons (Fsp3) is 0.478. The molecule has 1 atom stereocenters. The van der Waals surface area contributed by atoms with E-state index in [1.807, 2.05) is 6.92 Å². The van der Waals surface area contributed by atoms with Gasteiger partial charge in [0.1, 0.15) is 22.7 Å². The van der Waals surface area contributed by atoms with Crippen LogP contribution in [0.3, 0.4) is 0 Å². The highest BCUT2D eigenvalue weighted by Gasteiger charge is 2.42. The highest BCUT2D eigenvalue weighted by molar-refractivity contribution is 5.97. The first kappa shape index (κ1) is 22.7. The SMILES string of the molecule is CC1(O)CC(N2CCCC(Nc3nnc(-c4ncc(C(F)(F)F)cc4O)c4cccnc34)C2)C1. The number of likely N-dealkylation sites (tertiary alicyclic amines) is 1. The molecule has 2 aliphatic rings. The Labute approximate surface area is 193 Å². The molecule has 11 heteroatoms. The third-order valence-corrected chi connectivity index (χ3v) is 6.62. The van der Waals surface area contributed by atoms with Crippen LogP contribution in [-0.4, -0.2) is 66.1 Å². The summed E-state index contributed by atoms with van der Waals surface area (Å²) in [5, 5.41) is 32.7. The Bertz CT molecular complexity index is 1210. The van der Waals surface area contributed by atoms with Crippen LogP contribution in [0.4, 0.5) is 19.0 Å². The van der Waals surface area contributed by atoms with Gasteiger partial charge < -0.3 is 15.5 Å². The minimum absolute atomic E-state index is 0.0917. The molecule has 0 bridgehead atoms. The maximum atomic E-state index is 13.0. The van der Waals surface area contributed by atoms with E-state index >= 15 is 0 Å². The molecule has 1 saturated heterocycles. The summed E-state index contributed by atoms with van der Waals surface area (Å²) in [6.45, 7) is 3.66. The van der Waals surface area contributed by atoms with Crippen molar-refractivity contribution >= 4 is 16.7 Å². The standard InChI is InChI=1S/C23H25F3N6O2/c1-22(34)9-15(10-22)32-7-3-4-14(12-32)29-21-19-16(5-2-6-27-19)18(30-31-21)20-17(33)8-13(11-28-20)23(24,25)26/h2,5-6,8,11,14-15,33-34H,3-4,7,9-10,12H2,1H3,(H,29,31). The second kappa shape index (κ2) is 8.31. The number of alkyl halides is 3. The Morgan fingerprint density at radius 1 is 1.18 bits per heavy atom. The van der Waals surface area contributed by atoms with E-state index in [1.54, 1.807) is 18.3 Å². The minimum atomic E-state index is -4.62. The summed E-state index contributed by atoms with van der Waals surface area (Å²) in [6, 6.07) is 4.52. The van der Waals surface area contributed by atoms with Gasteiger partial charge in [0.25, 0.3) is 0 Å². The van der Waals surface area contributed by atoms with Crippen LogP contribution in [0.15, 0.2) is 30.6 Å². The average Bonchev–Trinajstić information content (AvgIpc) is 2.77. The van der Waals surface area contributed by atoms with Gasteiger partial charge in [-0.25, -0.2) is 4.98 Å². The van der Waals surface area contributed by atoms with E-state index in [-0.39, 0.29) is 17.4 Å². The van der Waals surface area contributed by atoms with Crippen molar-refractivity contribution in [2.24, 2.45) is 0 Å². The lowest BCUT2D eigenvalue weighted by Crippen LogP contribution is -2.57. The average molecular weight is 474 g/mol. The van der Waals surface area contributed by atoms with Crippen molar-refractivity contribution in [2.45, 2.75) is 56.5 Å². The number of aromatic hydroxyl groups is 1. The number of hydrogen-bond acceptors (Lipinski definition) is 8. The number of nitrogens with zero attached hydrogens (tertiary/aromatic N) is 5. The number of aliphatic hydroxyl groups is 1. The molecule has 8 nitrogen and oxygen atoms in total. The first-order chi connectivity index (χ1) is 16.1. The molecule has 1 unspecified atom stereocenters. The fourth-order valence-corrected chi connectivity index (χ4v) is 4.91. The minimum Gasteiger partial charge on any atom is -0.506 e. The van der Waals surface area contributed by atoms with Crippen molar-refractivity contribution < 1.29 is 23.4 Å². The second-order valence-electron chi connectivity index (χ2n) is 9.42. The van der Waals surface area contributed by atoms with Crippen LogP contribution in [0.1, 0.15) is 38.2 Å². The zero-order valence-corrected chi connectivity index (χ0v) is 18.5. The van der Waals surface area contributed by atoms with Crippen LogP contribution in [-0.2, 0) is 6.18 Å².